The second-order valence-corrected chi connectivity index (χ2v) is 45.0. The zero-order valence-electron chi connectivity index (χ0n) is 15.0. The first kappa shape index (κ1) is 23.5. The largest absolute Gasteiger partial charge is 0.0715 e. The standard InChI is InChI=1S/2C6H18Si2.Li/c2*1-7(2,3)8(4,5)6;/h2*1-6H3;. The third-order valence-electron chi connectivity index (χ3n) is 4.50. The average Bonchev–Trinajstić information content (AvgIpc) is 1.77. The van der Waals surface area contributed by atoms with Gasteiger partial charge in [0.05, 0.1) is 0 Å². The van der Waals surface area contributed by atoms with Gasteiger partial charge in [0.25, 0.3) is 0 Å². The molecule has 0 fully saturated rings. The summed E-state index contributed by atoms with van der Waals surface area (Å²) in [6, 6.07) is 0. The molecule has 0 nitrogen and oxygen atoms in total. The summed E-state index contributed by atoms with van der Waals surface area (Å²) in [5, 5.41) is 0. The van der Waals surface area contributed by atoms with Gasteiger partial charge in [-0.15, -0.1) is 0 Å². The predicted octanol–water partition coefficient (Wildman–Crippen LogP) is 5.10. The molecule has 1 radical (unpaired) electrons. The van der Waals surface area contributed by atoms with Gasteiger partial charge in [-0.3, -0.25) is 0 Å². The van der Waals surface area contributed by atoms with Gasteiger partial charge in [0.15, 0.2) is 0 Å². The van der Waals surface area contributed by atoms with Crippen molar-refractivity contribution < 1.29 is 0 Å². The quantitative estimate of drug-likeness (QED) is 0.622. The van der Waals surface area contributed by atoms with E-state index in [9.17, 15) is 0 Å². The van der Waals surface area contributed by atoms with Crippen LogP contribution in [0.3, 0.4) is 0 Å². The fraction of sp³-hybridized carbons (Fsp3) is 1.00. The average molecular weight is 300 g/mol. The van der Waals surface area contributed by atoms with Crippen molar-refractivity contribution >= 4 is 49.2 Å². The monoisotopic (exact) mass is 299 g/mol. The van der Waals surface area contributed by atoms with Gasteiger partial charge in [0, 0.05) is 49.2 Å². The van der Waals surface area contributed by atoms with E-state index in [2.05, 4.69) is 78.6 Å². The molecule has 0 saturated carbocycles. The summed E-state index contributed by atoms with van der Waals surface area (Å²) in [5.41, 5.74) is 0. The molecule has 0 spiro atoms. The Balaban J connectivity index is -0.000000218. The van der Waals surface area contributed by atoms with Crippen molar-refractivity contribution in [3.63, 3.8) is 0 Å². The van der Waals surface area contributed by atoms with Crippen molar-refractivity contribution in [2.75, 3.05) is 0 Å². The van der Waals surface area contributed by atoms with E-state index >= 15 is 0 Å². The Morgan fingerprint density at radius 1 is 0.294 bits per heavy atom. The third kappa shape index (κ3) is 11.0. The molecule has 0 heterocycles. The van der Waals surface area contributed by atoms with E-state index in [1.54, 1.807) is 0 Å². The first-order chi connectivity index (χ1) is 6.50. The number of hydrogen-bond donors (Lipinski definition) is 0. The van der Waals surface area contributed by atoms with Crippen molar-refractivity contribution in [3.05, 3.63) is 0 Å². The van der Waals surface area contributed by atoms with E-state index in [4.69, 9.17) is 0 Å². The fourth-order valence-electron chi connectivity index (χ4n) is 0. The molecule has 0 aromatic carbocycles. The zero-order chi connectivity index (χ0) is 14.0. The minimum Gasteiger partial charge on any atom is -0.0715 e. The molecule has 0 aromatic rings. The maximum absolute atomic E-state index is 2.47. The van der Waals surface area contributed by atoms with Crippen LogP contribution in [-0.4, -0.2) is 49.2 Å². The van der Waals surface area contributed by atoms with E-state index in [1.807, 2.05) is 0 Å². The van der Waals surface area contributed by atoms with Crippen molar-refractivity contribution in [3.8, 4) is 0 Å². The number of hydrogen-bond acceptors (Lipinski definition) is 0. The molecule has 0 unspecified atom stereocenters. The van der Waals surface area contributed by atoms with Crippen molar-refractivity contribution in [2.24, 2.45) is 0 Å². The number of rotatable bonds is 2. The third-order valence-corrected chi connectivity index (χ3v) is 40.5. The Hall–Kier alpha value is 1.46. The van der Waals surface area contributed by atoms with Crippen LogP contribution >= 0.6 is 0 Å². The van der Waals surface area contributed by atoms with E-state index < -0.39 is 30.4 Å². The summed E-state index contributed by atoms with van der Waals surface area (Å²) in [6.45, 7) is 29.7. The Kier molecular flexibility index (Phi) is 10.1. The normalized spacial score (nSPS) is 13.4. The minimum atomic E-state index is -0.720. The maximum atomic E-state index is 2.47. The van der Waals surface area contributed by atoms with Gasteiger partial charge in [0.2, 0.25) is 0 Å². The van der Waals surface area contributed by atoms with Gasteiger partial charge in [-0.2, -0.15) is 0 Å². The molecule has 0 aliphatic rings. The van der Waals surface area contributed by atoms with E-state index in [0.717, 1.165) is 0 Å². The van der Waals surface area contributed by atoms with Gasteiger partial charge in [-0.1, -0.05) is 78.6 Å². The molecule has 0 rings (SSSR count). The maximum Gasteiger partial charge on any atom is 0.0379 e. The van der Waals surface area contributed by atoms with Gasteiger partial charge < -0.3 is 0 Å². The smallest absolute Gasteiger partial charge is 0.0379 e. The van der Waals surface area contributed by atoms with Gasteiger partial charge >= 0.3 is 0 Å². The van der Waals surface area contributed by atoms with Crippen molar-refractivity contribution in [1.82, 2.24) is 0 Å². The van der Waals surface area contributed by atoms with Crippen molar-refractivity contribution in [1.29, 1.82) is 0 Å². The first-order valence-electron chi connectivity index (χ1n) is 6.50. The molecule has 0 aromatic heterocycles. The van der Waals surface area contributed by atoms with Gasteiger partial charge in [-0.25, -0.2) is 0 Å². The van der Waals surface area contributed by atoms with Crippen LogP contribution < -0.4 is 0 Å². The molecule has 0 aliphatic carbocycles. The predicted molar refractivity (Wildman–Crippen MR) is 99.1 cm³/mol. The Morgan fingerprint density at radius 2 is 0.353 bits per heavy atom. The van der Waals surface area contributed by atoms with Crippen LogP contribution in [0.1, 0.15) is 0 Å². The molecular weight excluding hydrogens is 263 g/mol. The molecule has 0 bridgehead atoms. The van der Waals surface area contributed by atoms with Crippen LogP contribution in [0.4, 0.5) is 0 Å². The molecule has 101 valence electrons. The first-order valence-corrected chi connectivity index (χ1v) is 22.5. The topological polar surface area (TPSA) is 0 Å². The molecule has 0 N–H and O–H groups in total. The Morgan fingerprint density at radius 3 is 0.353 bits per heavy atom. The molecule has 0 atom stereocenters. The van der Waals surface area contributed by atoms with Crippen molar-refractivity contribution in [2.45, 2.75) is 78.6 Å². The van der Waals surface area contributed by atoms with E-state index in [1.165, 1.54) is 0 Å². The minimum absolute atomic E-state index is 0. The summed E-state index contributed by atoms with van der Waals surface area (Å²) in [4.78, 5) is 0. The second kappa shape index (κ2) is 7.30. The van der Waals surface area contributed by atoms with Crippen LogP contribution in [0.25, 0.3) is 0 Å². The molecule has 0 amide bonds. The van der Waals surface area contributed by atoms with Crippen LogP contribution in [0.5, 0.6) is 0 Å². The van der Waals surface area contributed by atoms with Crippen LogP contribution in [0.15, 0.2) is 0 Å². The summed E-state index contributed by atoms with van der Waals surface area (Å²) in [7, 11) is -2.88. The molecular formula is C12H36LiSi4. The van der Waals surface area contributed by atoms with E-state index in [0.29, 0.717) is 0 Å². The van der Waals surface area contributed by atoms with Crippen LogP contribution in [-0.2, 0) is 0 Å². The summed E-state index contributed by atoms with van der Waals surface area (Å²) in [5.74, 6) is 0. The zero-order valence-corrected chi connectivity index (χ0v) is 19.0. The van der Waals surface area contributed by atoms with Gasteiger partial charge in [-0.05, 0) is 0 Å². The second-order valence-electron chi connectivity index (χ2n) is 9.00. The SMILES string of the molecule is C[Si](C)(C)[Si](C)(C)C.C[Si](C)(C)[Si](C)(C)C.[Li]. The molecule has 0 saturated heterocycles. The van der Waals surface area contributed by atoms with Crippen LogP contribution in [0, 0.1) is 0 Å². The summed E-state index contributed by atoms with van der Waals surface area (Å²) >= 11 is 0. The molecule has 5 heteroatoms. The molecule has 0 aliphatic heterocycles. The Labute approximate surface area is 127 Å². The Bertz CT molecular complexity index is 153. The fourth-order valence-corrected chi connectivity index (χ4v) is 0. The molecule has 17 heavy (non-hydrogen) atoms. The van der Waals surface area contributed by atoms with E-state index in [-0.39, 0.29) is 18.9 Å². The van der Waals surface area contributed by atoms with Crippen LogP contribution in [0.2, 0.25) is 78.6 Å². The van der Waals surface area contributed by atoms with Gasteiger partial charge in [0.1, 0.15) is 0 Å². The summed E-state index contributed by atoms with van der Waals surface area (Å²) in [6.07, 6.45) is 0. The summed E-state index contributed by atoms with van der Waals surface area (Å²) < 4.78 is 0.